The molecule has 0 amide bonds. The van der Waals surface area contributed by atoms with Crippen molar-refractivity contribution in [3.63, 3.8) is 0 Å². The van der Waals surface area contributed by atoms with Gasteiger partial charge in [0.05, 0.1) is 31.1 Å². The molecule has 0 unspecified atom stereocenters. The van der Waals surface area contributed by atoms with Gasteiger partial charge in [0.25, 0.3) is 0 Å². The number of thiocarbonyl (C=S) groups is 1. The van der Waals surface area contributed by atoms with Gasteiger partial charge in [-0.05, 0) is 98.4 Å². The maximum Gasteiger partial charge on any atom is 0.229 e. The molecule has 5 rings (SSSR count). The molecule has 2 atom stereocenters. The summed E-state index contributed by atoms with van der Waals surface area (Å²) in [7, 11) is -1.72. The van der Waals surface area contributed by atoms with Gasteiger partial charge >= 0.3 is 0 Å². The van der Waals surface area contributed by atoms with E-state index in [-0.39, 0.29) is 12.1 Å². The van der Waals surface area contributed by atoms with E-state index in [2.05, 4.69) is 44.4 Å². The van der Waals surface area contributed by atoms with Crippen LogP contribution in [0.1, 0.15) is 34.7 Å². The monoisotopic (exact) mass is 547 g/mol. The minimum atomic E-state index is -3.38. The molecule has 2 N–H and O–H groups in total. The van der Waals surface area contributed by atoms with Gasteiger partial charge in [0, 0.05) is 34.6 Å². The highest BCUT2D eigenvalue weighted by molar-refractivity contribution is 7.92. The Bertz CT molecular complexity index is 1570. The molecule has 0 radical (unpaired) electrons. The lowest BCUT2D eigenvalue weighted by Crippen LogP contribution is -2.29. The summed E-state index contributed by atoms with van der Waals surface area (Å²) < 4.78 is 33.5. The van der Waals surface area contributed by atoms with Gasteiger partial charge in [-0.3, -0.25) is 9.71 Å². The summed E-state index contributed by atoms with van der Waals surface area (Å²) in [5, 5.41) is 4.06. The van der Waals surface area contributed by atoms with Gasteiger partial charge in [0.1, 0.15) is 5.75 Å². The van der Waals surface area contributed by atoms with Crippen molar-refractivity contribution in [3.05, 3.63) is 102 Å². The summed E-state index contributed by atoms with van der Waals surface area (Å²) in [6.45, 7) is 4.20. The molecule has 1 saturated heterocycles. The first kappa shape index (κ1) is 25.7. The maximum absolute atomic E-state index is 11.7. The molecule has 196 valence electrons. The zero-order valence-electron chi connectivity index (χ0n) is 21.5. The van der Waals surface area contributed by atoms with Crippen LogP contribution in [0.5, 0.6) is 5.75 Å². The predicted octanol–water partition coefficient (Wildman–Crippen LogP) is 5.05. The molecular formula is C28H29N5O3S2. The van der Waals surface area contributed by atoms with E-state index < -0.39 is 10.0 Å². The third-order valence-electron chi connectivity index (χ3n) is 6.67. The van der Waals surface area contributed by atoms with Crippen molar-refractivity contribution in [1.29, 1.82) is 0 Å². The standard InChI is InChI=1S/C28H29N5O3S2/c1-18-17-24(19(2)32(18)21-12-14-23(36-3)15-13-21)27-26(25-7-5-6-16-29-25)30-28(37)33(27)22-10-8-20(9-11-22)31-38(4,34)35/h5-17,26-27,31H,1-4H3,(H,30,37)/t26-,27-/m1/s1. The number of rotatable bonds is 7. The van der Waals surface area contributed by atoms with Crippen LogP contribution in [0.15, 0.2) is 79.0 Å². The number of nitrogens with zero attached hydrogens (tertiary/aromatic N) is 3. The van der Waals surface area contributed by atoms with E-state index in [0.29, 0.717) is 10.8 Å². The van der Waals surface area contributed by atoms with Crippen molar-refractivity contribution >= 4 is 38.7 Å². The van der Waals surface area contributed by atoms with E-state index in [1.54, 1.807) is 25.4 Å². The topological polar surface area (TPSA) is 88.5 Å². The molecule has 38 heavy (non-hydrogen) atoms. The number of hydrogen-bond donors (Lipinski definition) is 2. The largest absolute Gasteiger partial charge is 0.497 e. The number of aromatic nitrogens is 2. The number of methoxy groups -OCH3 is 1. The highest BCUT2D eigenvalue weighted by Gasteiger charge is 2.42. The van der Waals surface area contributed by atoms with Crippen LogP contribution >= 0.6 is 12.2 Å². The summed E-state index contributed by atoms with van der Waals surface area (Å²) in [6.07, 6.45) is 2.92. The van der Waals surface area contributed by atoms with E-state index in [1.165, 1.54) is 0 Å². The second-order valence-corrected chi connectivity index (χ2v) is 11.4. The number of nitrogens with one attached hydrogen (secondary N) is 2. The van der Waals surface area contributed by atoms with Crippen LogP contribution in [0.25, 0.3) is 5.69 Å². The Labute approximate surface area is 228 Å². The SMILES string of the molecule is COc1ccc(-n2c(C)cc([C@@H]3[C@@H](c4ccccn4)NC(=S)N3c3ccc(NS(C)(=O)=O)cc3)c2C)cc1. The van der Waals surface area contributed by atoms with Crippen LogP contribution in [-0.4, -0.2) is 36.4 Å². The van der Waals surface area contributed by atoms with Crippen molar-refractivity contribution in [2.45, 2.75) is 25.9 Å². The van der Waals surface area contributed by atoms with Gasteiger partial charge in [-0.2, -0.15) is 0 Å². The number of hydrogen-bond acceptors (Lipinski definition) is 5. The lowest BCUT2D eigenvalue weighted by Gasteiger charge is -2.28. The second-order valence-electron chi connectivity index (χ2n) is 9.28. The number of pyridine rings is 1. The highest BCUT2D eigenvalue weighted by Crippen LogP contribution is 2.44. The number of anilines is 2. The first-order valence-electron chi connectivity index (χ1n) is 12.1. The Morgan fingerprint density at radius 3 is 2.29 bits per heavy atom. The summed E-state index contributed by atoms with van der Waals surface area (Å²) in [4.78, 5) is 6.73. The van der Waals surface area contributed by atoms with E-state index >= 15 is 0 Å². The van der Waals surface area contributed by atoms with Crippen LogP contribution in [0, 0.1) is 13.8 Å². The average molecular weight is 548 g/mol. The van der Waals surface area contributed by atoms with Crippen molar-refractivity contribution in [2.24, 2.45) is 0 Å². The van der Waals surface area contributed by atoms with E-state index in [1.807, 2.05) is 54.6 Å². The molecule has 4 aromatic rings. The van der Waals surface area contributed by atoms with Gasteiger partial charge in [-0.15, -0.1) is 0 Å². The van der Waals surface area contributed by atoms with Gasteiger partial charge in [0.2, 0.25) is 10.0 Å². The fourth-order valence-electron chi connectivity index (χ4n) is 5.07. The molecule has 10 heteroatoms. The molecule has 1 aliphatic rings. The minimum absolute atomic E-state index is 0.190. The number of benzene rings is 2. The summed E-state index contributed by atoms with van der Waals surface area (Å²) in [5.74, 6) is 0.803. The Hall–Kier alpha value is -3.89. The van der Waals surface area contributed by atoms with Crippen LogP contribution < -0.4 is 19.7 Å². The van der Waals surface area contributed by atoms with E-state index in [0.717, 1.165) is 46.0 Å². The number of ether oxygens (including phenoxy) is 1. The molecule has 0 aliphatic carbocycles. The molecule has 3 heterocycles. The van der Waals surface area contributed by atoms with E-state index in [4.69, 9.17) is 17.0 Å². The number of sulfonamides is 1. The molecule has 0 bridgehead atoms. The van der Waals surface area contributed by atoms with Crippen molar-refractivity contribution < 1.29 is 13.2 Å². The molecule has 8 nitrogen and oxygen atoms in total. The predicted molar refractivity (Wildman–Crippen MR) is 155 cm³/mol. The molecule has 0 saturated carbocycles. The first-order valence-corrected chi connectivity index (χ1v) is 14.4. The highest BCUT2D eigenvalue weighted by atomic mass is 32.2. The third kappa shape index (κ3) is 4.97. The third-order valence-corrected chi connectivity index (χ3v) is 7.59. The summed E-state index contributed by atoms with van der Waals surface area (Å²) >= 11 is 5.86. The molecule has 2 aromatic heterocycles. The Kier molecular flexibility index (Phi) is 6.85. The Balaban J connectivity index is 1.61. The zero-order valence-corrected chi connectivity index (χ0v) is 23.2. The van der Waals surface area contributed by atoms with Crippen LogP contribution in [0.4, 0.5) is 11.4 Å². The van der Waals surface area contributed by atoms with Gasteiger partial charge in [0.15, 0.2) is 5.11 Å². The van der Waals surface area contributed by atoms with Crippen molar-refractivity contribution in [3.8, 4) is 11.4 Å². The van der Waals surface area contributed by atoms with Crippen LogP contribution in [0.2, 0.25) is 0 Å². The normalized spacial score (nSPS) is 17.4. The molecule has 2 aromatic carbocycles. The molecular weight excluding hydrogens is 518 g/mol. The maximum atomic E-state index is 11.7. The van der Waals surface area contributed by atoms with Crippen LogP contribution in [-0.2, 0) is 10.0 Å². The second kappa shape index (κ2) is 10.1. The average Bonchev–Trinajstić information content (AvgIpc) is 3.39. The number of aryl methyl sites for hydroxylation is 1. The van der Waals surface area contributed by atoms with Crippen molar-refractivity contribution in [1.82, 2.24) is 14.9 Å². The lowest BCUT2D eigenvalue weighted by atomic mass is 9.96. The first-order chi connectivity index (χ1) is 18.2. The Morgan fingerprint density at radius 2 is 1.68 bits per heavy atom. The lowest BCUT2D eigenvalue weighted by molar-refractivity contribution is 0.414. The Morgan fingerprint density at radius 1 is 1.00 bits per heavy atom. The quantitative estimate of drug-likeness (QED) is 0.313. The van der Waals surface area contributed by atoms with Gasteiger partial charge in [-0.25, -0.2) is 8.42 Å². The summed E-state index contributed by atoms with van der Waals surface area (Å²) in [6, 6.07) is 22.9. The van der Waals surface area contributed by atoms with E-state index in [9.17, 15) is 8.42 Å². The minimum Gasteiger partial charge on any atom is -0.497 e. The van der Waals surface area contributed by atoms with Crippen LogP contribution in [0.3, 0.4) is 0 Å². The smallest absolute Gasteiger partial charge is 0.229 e. The van der Waals surface area contributed by atoms with Crippen molar-refractivity contribution in [2.75, 3.05) is 23.0 Å². The van der Waals surface area contributed by atoms with Gasteiger partial charge in [-0.1, -0.05) is 6.07 Å². The fraction of sp³-hybridized carbons (Fsp3) is 0.214. The molecule has 1 fully saturated rings. The van der Waals surface area contributed by atoms with Gasteiger partial charge < -0.3 is 19.5 Å². The summed E-state index contributed by atoms with van der Waals surface area (Å²) in [5.41, 5.74) is 6.55. The fourth-order valence-corrected chi connectivity index (χ4v) is 5.98. The molecule has 0 spiro atoms. The molecule has 1 aliphatic heterocycles. The zero-order chi connectivity index (χ0) is 27.0.